The van der Waals surface area contributed by atoms with Crippen molar-refractivity contribution < 1.29 is 39.9 Å². The molecule has 0 aliphatic carbocycles. The van der Waals surface area contributed by atoms with Crippen LogP contribution in [0.4, 0.5) is 26.3 Å². The number of hydrogen-bond donors (Lipinski definition) is 1. The van der Waals surface area contributed by atoms with Gasteiger partial charge < -0.3 is 5.11 Å². The van der Waals surface area contributed by atoms with Gasteiger partial charge in [0.1, 0.15) is 0 Å². The highest BCUT2D eigenvalue weighted by molar-refractivity contribution is 7.92. The summed E-state index contributed by atoms with van der Waals surface area (Å²) in [6.45, 7) is 4.02. The highest BCUT2D eigenvalue weighted by Crippen LogP contribution is 2.50. The first-order valence-electron chi connectivity index (χ1n) is 11.1. The van der Waals surface area contributed by atoms with Gasteiger partial charge in [-0.2, -0.15) is 26.3 Å². The van der Waals surface area contributed by atoms with Crippen molar-refractivity contribution in [2.24, 2.45) is 5.41 Å². The van der Waals surface area contributed by atoms with Crippen LogP contribution in [0.3, 0.4) is 0 Å². The van der Waals surface area contributed by atoms with Crippen LogP contribution in [0, 0.1) is 5.41 Å². The van der Waals surface area contributed by atoms with Gasteiger partial charge in [0.05, 0.1) is 11.5 Å². The summed E-state index contributed by atoms with van der Waals surface area (Å²) in [5, 5.41) is 9.59. The number of alkyl halides is 6. The summed E-state index contributed by atoms with van der Waals surface area (Å²) < 4.78 is 102. The number of likely N-dealkylation sites (tertiary alicyclic amines) is 1. The van der Waals surface area contributed by atoms with Crippen LogP contribution in [-0.4, -0.2) is 55.4 Å². The van der Waals surface area contributed by atoms with Crippen LogP contribution < -0.4 is 0 Å². The topological polar surface area (TPSA) is 57.6 Å². The van der Waals surface area contributed by atoms with Crippen LogP contribution in [0.5, 0.6) is 0 Å². The molecule has 0 bridgehead atoms. The van der Waals surface area contributed by atoms with Gasteiger partial charge in [0.15, 0.2) is 9.84 Å². The first-order valence-corrected chi connectivity index (χ1v) is 12.9. The zero-order valence-corrected chi connectivity index (χ0v) is 19.7. The second kappa shape index (κ2) is 8.48. The first-order chi connectivity index (χ1) is 16.1. The summed E-state index contributed by atoms with van der Waals surface area (Å²) >= 11 is 0. The summed E-state index contributed by atoms with van der Waals surface area (Å²) in [5.41, 5.74) is -3.43. The molecule has 0 amide bonds. The Morgan fingerprint density at radius 3 is 2.09 bits per heavy atom. The van der Waals surface area contributed by atoms with Gasteiger partial charge in [0.25, 0.3) is 5.60 Å². The van der Waals surface area contributed by atoms with E-state index in [0.29, 0.717) is 42.8 Å². The lowest BCUT2D eigenvalue weighted by atomic mass is 9.89. The molecule has 0 saturated carbocycles. The lowest BCUT2D eigenvalue weighted by Crippen LogP contribution is -2.53. The van der Waals surface area contributed by atoms with Crippen molar-refractivity contribution in [2.45, 2.75) is 44.3 Å². The number of hydrogen-bond acceptors (Lipinski definition) is 4. The highest BCUT2D eigenvalue weighted by atomic mass is 32.2. The van der Waals surface area contributed by atoms with Gasteiger partial charge in [0, 0.05) is 24.1 Å². The van der Waals surface area contributed by atoms with Crippen LogP contribution >= 0.6 is 0 Å². The Morgan fingerprint density at radius 2 is 1.57 bits per heavy atom. The third-order valence-corrected chi connectivity index (χ3v) is 9.06. The Balaban J connectivity index is 1.54. The molecule has 0 atom stereocenters. The van der Waals surface area contributed by atoms with E-state index in [9.17, 15) is 39.9 Å². The molecule has 11 heteroatoms. The van der Waals surface area contributed by atoms with E-state index in [1.807, 2.05) is 19.1 Å². The fraction of sp³-hybridized carbons (Fsp3) is 0.500. The molecule has 2 aromatic rings. The van der Waals surface area contributed by atoms with E-state index >= 15 is 0 Å². The predicted molar refractivity (Wildman–Crippen MR) is 118 cm³/mol. The Labute approximate surface area is 199 Å². The van der Waals surface area contributed by atoms with Crippen molar-refractivity contribution in [1.29, 1.82) is 0 Å². The minimum atomic E-state index is -5.93. The average molecular weight is 522 g/mol. The van der Waals surface area contributed by atoms with E-state index in [2.05, 4.69) is 4.90 Å². The number of sulfone groups is 1. The zero-order valence-electron chi connectivity index (χ0n) is 18.9. The summed E-state index contributed by atoms with van der Waals surface area (Å²) in [7, 11) is -2.91. The van der Waals surface area contributed by atoms with Gasteiger partial charge in [-0.05, 0) is 41.6 Å². The second-order valence-corrected chi connectivity index (χ2v) is 11.7. The van der Waals surface area contributed by atoms with Crippen molar-refractivity contribution in [3.63, 3.8) is 0 Å². The smallest absolute Gasteiger partial charge is 0.369 e. The maximum absolute atomic E-state index is 13.1. The molecule has 2 fully saturated rings. The summed E-state index contributed by atoms with van der Waals surface area (Å²) in [5.74, 6) is 0.451. The third kappa shape index (κ3) is 4.70. The molecule has 0 radical (unpaired) electrons. The largest absolute Gasteiger partial charge is 0.430 e. The van der Waals surface area contributed by atoms with Gasteiger partial charge in [-0.25, -0.2) is 8.42 Å². The van der Waals surface area contributed by atoms with E-state index in [1.54, 1.807) is 6.07 Å². The van der Waals surface area contributed by atoms with Crippen molar-refractivity contribution in [3.05, 3.63) is 59.2 Å². The molecule has 0 aromatic heterocycles. The summed E-state index contributed by atoms with van der Waals surface area (Å²) in [6.07, 6.45) is -10.4. The minimum absolute atomic E-state index is 0.150. The van der Waals surface area contributed by atoms with Crippen LogP contribution in [0.2, 0.25) is 0 Å². The molecule has 2 saturated heterocycles. The molecule has 1 spiro atoms. The van der Waals surface area contributed by atoms with Gasteiger partial charge in [0.2, 0.25) is 0 Å². The van der Waals surface area contributed by atoms with Crippen molar-refractivity contribution in [3.8, 4) is 11.1 Å². The fourth-order valence-electron chi connectivity index (χ4n) is 5.25. The maximum Gasteiger partial charge on any atom is 0.430 e. The van der Waals surface area contributed by atoms with E-state index in [-0.39, 0.29) is 16.9 Å². The Morgan fingerprint density at radius 1 is 0.971 bits per heavy atom. The fourth-order valence-corrected chi connectivity index (χ4v) is 7.50. The lowest BCUT2D eigenvalue weighted by Gasteiger charge is -2.37. The first kappa shape index (κ1) is 26.0. The average Bonchev–Trinajstić information content (AvgIpc) is 3.13. The monoisotopic (exact) mass is 521 g/mol. The van der Waals surface area contributed by atoms with Crippen molar-refractivity contribution >= 4 is 9.84 Å². The Bertz CT molecular complexity index is 1180. The number of aryl methyl sites for hydroxylation is 1. The molecular weight excluding hydrogens is 496 g/mol. The van der Waals surface area contributed by atoms with Crippen LogP contribution in [0.15, 0.2) is 42.5 Å². The minimum Gasteiger partial charge on any atom is -0.369 e. The molecule has 2 heterocycles. The van der Waals surface area contributed by atoms with Gasteiger partial charge in [-0.3, -0.25) is 4.90 Å². The SMILES string of the molecule is CCc1cc(CN2CCC3(C2)CS(=O)(=O)C3)ccc1-c1ccc(C(O)(C(F)(F)F)C(F)(F)F)cc1. The molecule has 2 aromatic carbocycles. The highest BCUT2D eigenvalue weighted by Gasteiger charge is 2.71. The van der Waals surface area contributed by atoms with E-state index in [1.165, 1.54) is 0 Å². The zero-order chi connectivity index (χ0) is 25.9. The molecule has 2 aliphatic rings. The van der Waals surface area contributed by atoms with Crippen LogP contribution in [-0.2, 0) is 28.4 Å². The molecular formula is C24H25F6NO3S. The normalized spacial score (nSPS) is 20.2. The van der Waals surface area contributed by atoms with Gasteiger partial charge >= 0.3 is 12.4 Å². The molecule has 192 valence electrons. The van der Waals surface area contributed by atoms with E-state index in [0.717, 1.165) is 36.2 Å². The predicted octanol–water partition coefficient (Wildman–Crippen LogP) is 4.85. The van der Waals surface area contributed by atoms with Crippen molar-refractivity contribution in [1.82, 2.24) is 4.90 Å². The van der Waals surface area contributed by atoms with Crippen molar-refractivity contribution in [2.75, 3.05) is 24.6 Å². The number of halogens is 6. The third-order valence-electron chi connectivity index (χ3n) is 6.96. The molecule has 1 N–H and O–H groups in total. The quantitative estimate of drug-likeness (QED) is 0.572. The van der Waals surface area contributed by atoms with Crippen LogP contribution in [0.1, 0.15) is 30.0 Å². The van der Waals surface area contributed by atoms with E-state index < -0.39 is 33.4 Å². The second-order valence-electron chi connectivity index (χ2n) is 9.62. The molecule has 35 heavy (non-hydrogen) atoms. The number of aliphatic hydroxyl groups is 1. The number of rotatable bonds is 5. The maximum atomic E-state index is 13.1. The summed E-state index contributed by atoms with van der Waals surface area (Å²) in [6, 6.07) is 9.18. The Hall–Kier alpha value is -2.11. The van der Waals surface area contributed by atoms with Crippen LogP contribution in [0.25, 0.3) is 11.1 Å². The standard InChI is InChI=1S/C24H25F6NO3S/c1-2-17-11-16(12-31-10-9-21(13-31)14-35(33,34)15-21)3-8-20(17)18-4-6-19(7-5-18)22(32,23(25,26)27)24(28,29)30/h3-8,11,32H,2,9-10,12-15H2,1H3. The van der Waals surface area contributed by atoms with E-state index in [4.69, 9.17) is 0 Å². The van der Waals surface area contributed by atoms with Gasteiger partial charge in [-0.15, -0.1) is 0 Å². The molecule has 4 nitrogen and oxygen atoms in total. The lowest BCUT2D eigenvalue weighted by molar-refractivity contribution is -0.376. The Kier molecular flexibility index (Phi) is 6.29. The number of benzene rings is 2. The molecule has 4 rings (SSSR count). The van der Waals surface area contributed by atoms with Gasteiger partial charge in [-0.1, -0.05) is 49.4 Å². The number of nitrogens with zero attached hydrogens (tertiary/aromatic N) is 1. The molecule has 0 unspecified atom stereocenters. The molecule has 2 aliphatic heterocycles. The summed E-state index contributed by atoms with van der Waals surface area (Å²) in [4.78, 5) is 2.20.